The van der Waals surface area contributed by atoms with Crippen molar-refractivity contribution in [2.75, 3.05) is 19.6 Å². The fraction of sp³-hybridized carbons (Fsp3) is 0.500. The highest BCUT2D eigenvalue weighted by Crippen LogP contribution is 2.11. The van der Waals surface area contributed by atoms with Crippen LogP contribution in [0, 0.1) is 0 Å². The summed E-state index contributed by atoms with van der Waals surface area (Å²) in [7, 11) is 0. The van der Waals surface area contributed by atoms with Crippen molar-refractivity contribution in [3.8, 4) is 0 Å². The third-order valence-corrected chi connectivity index (χ3v) is 4.46. The summed E-state index contributed by atoms with van der Waals surface area (Å²) in [6.07, 6.45) is 6.85. The predicted molar refractivity (Wildman–Crippen MR) is 92.4 cm³/mol. The summed E-state index contributed by atoms with van der Waals surface area (Å²) < 4.78 is 1.69. The molecule has 0 saturated carbocycles. The molecule has 128 valence electrons. The molecular formula is C18H25N5O. The van der Waals surface area contributed by atoms with Gasteiger partial charge in [-0.25, -0.2) is 4.98 Å². The standard InChI is InChI=1S/C18H25N5O/c24-18(9-12-23-15-19-14-20-23)21-17-7-4-10-22(13-17)11-8-16-5-2-1-3-6-16/h1-3,5-6,14-15,17H,4,7-13H2,(H,21,24)/t17-/m1/s1. The third-order valence-electron chi connectivity index (χ3n) is 4.46. The number of carbonyl (C=O) groups is 1. The summed E-state index contributed by atoms with van der Waals surface area (Å²) >= 11 is 0. The van der Waals surface area contributed by atoms with Gasteiger partial charge in [-0.2, -0.15) is 5.10 Å². The minimum Gasteiger partial charge on any atom is -0.352 e. The van der Waals surface area contributed by atoms with Crippen LogP contribution in [0.15, 0.2) is 43.0 Å². The molecule has 1 amide bonds. The van der Waals surface area contributed by atoms with E-state index >= 15 is 0 Å². The number of nitrogens with zero attached hydrogens (tertiary/aromatic N) is 4. The van der Waals surface area contributed by atoms with Crippen LogP contribution in [0.4, 0.5) is 0 Å². The lowest BCUT2D eigenvalue weighted by molar-refractivity contribution is -0.122. The Morgan fingerprint density at radius 2 is 2.12 bits per heavy atom. The van der Waals surface area contributed by atoms with E-state index in [1.165, 1.54) is 11.9 Å². The zero-order valence-electron chi connectivity index (χ0n) is 14.0. The molecule has 1 aliphatic heterocycles. The Morgan fingerprint density at radius 1 is 1.25 bits per heavy atom. The first kappa shape index (κ1) is 16.6. The number of carbonyl (C=O) groups excluding carboxylic acids is 1. The fourth-order valence-corrected chi connectivity index (χ4v) is 3.17. The first-order valence-electron chi connectivity index (χ1n) is 8.67. The van der Waals surface area contributed by atoms with Gasteiger partial charge in [-0.15, -0.1) is 0 Å². The van der Waals surface area contributed by atoms with Gasteiger partial charge in [0, 0.05) is 25.6 Å². The molecule has 1 aromatic carbocycles. The van der Waals surface area contributed by atoms with Gasteiger partial charge < -0.3 is 10.2 Å². The lowest BCUT2D eigenvalue weighted by Gasteiger charge is -2.33. The lowest BCUT2D eigenvalue weighted by atomic mass is 10.0. The topological polar surface area (TPSA) is 63.1 Å². The SMILES string of the molecule is O=C(CCn1cncn1)N[C@@H]1CCCN(CCc2ccccc2)C1. The van der Waals surface area contributed by atoms with E-state index in [1.807, 2.05) is 0 Å². The van der Waals surface area contributed by atoms with Gasteiger partial charge in [-0.1, -0.05) is 30.3 Å². The smallest absolute Gasteiger partial charge is 0.222 e. The van der Waals surface area contributed by atoms with E-state index in [2.05, 4.69) is 50.6 Å². The van der Waals surface area contributed by atoms with E-state index < -0.39 is 0 Å². The van der Waals surface area contributed by atoms with Crippen LogP contribution in [0.1, 0.15) is 24.8 Å². The monoisotopic (exact) mass is 327 g/mol. The first-order valence-corrected chi connectivity index (χ1v) is 8.67. The Morgan fingerprint density at radius 3 is 2.92 bits per heavy atom. The highest BCUT2D eigenvalue weighted by atomic mass is 16.1. The molecule has 2 aromatic rings. The molecule has 2 heterocycles. The average Bonchev–Trinajstić information content (AvgIpc) is 3.13. The number of benzene rings is 1. The maximum atomic E-state index is 12.1. The number of amides is 1. The number of aryl methyl sites for hydroxylation is 1. The number of nitrogens with one attached hydrogen (secondary N) is 1. The van der Waals surface area contributed by atoms with Crippen molar-refractivity contribution in [1.29, 1.82) is 0 Å². The molecule has 1 N–H and O–H groups in total. The molecule has 6 heteroatoms. The minimum absolute atomic E-state index is 0.0976. The average molecular weight is 327 g/mol. The molecule has 1 aliphatic rings. The van der Waals surface area contributed by atoms with Gasteiger partial charge in [-0.3, -0.25) is 9.48 Å². The Bertz CT molecular complexity index is 614. The largest absolute Gasteiger partial charge is 0.352 e. The molecular weight excluding hydrogens is 302 g/mol. The van der Waals surface area contributed by atoms with Crippen LogP contribution >= 0.6 is 0 Å². The summed E-state index contributed by atoms with van der Waals surface area (Å²) in [4.78, 5) is 18.4. The van der Waals surface area contributed by atoms with E-state index in [1.54, 1.807) is 11.0 Å². The number of hydrogen-bond donors (Lipinski definition) is 1. The van der Waals surface area contributed by atoms with Crippen LogP contribution in [-0.4, -0.2) is 51.2 Å². The lowest BCUT2D eigenvalue weighted by Crippen LogP contribution is -2.48. The normalized spacial score (nSPS) is 18.4. The maximum Gasteiger partial charge on any atom is 0.222 e. The van der Waals surface area contributed by atoms with E-state index in [-0.39, 0.29) is 11.9 Å². The van der Waals surface area contributed by atoms with Gasteiger partial charge in [0.15, 0.2) is 0 Å². The Hall–Kier alpha value is -2.21. The zero-order valence-corrected chi connectivity index (χ0v) is 14.0. The summed E-state index contributed by atoms with van der Waals surface area (Å²) in [5.41, 5.74) is 1.37. The van der Waals surface area contributed by atoms with Gasteiger partial charge in [0.05, 0.1) is 6.54 Å². The van der Waals surface area contributed by atoms with Crippen LogP contribution in [-0.2, 0) is 17.8 Å². The van der Waals surface area contributed by atoms with Crippen molar-refractivity contribution >= 4 is 5.91 Å². The van der Waals surface area contributed by atoms with Crippen LogP contribution in [0.25, 0.3) is 0 Å². The van der Waals surface area contributed by atoms with Crippen molar-refractivity contribution < 1.29 is 4.79 Å². The summed E-state index contributed by atoms with van der Waals surface area (Å²) in [6.45, 7) is 3.70. The molecule has 0 spiro atoms. The Kier molecular flexibility index (Phi) is 5.96. The predicted octanol–water partition coefficient (Wildman–Crippen LogP) is 1.49. The van der Waals surface area contributed by atoms with Crippen LogP contribution in [0.3, 0.4) is 0 Å². The van der Waals surface area contributed by atoms with Crippen molar-refractivity contribution in [1.82, 2.24) is 25.0 Å². The van der Waals surface area contributed by atoms with Crippen molar-refractivity contribution in [3.63, 3.8) is 0 Å². The highest BCUT2D eigenvalue weighted by molar-refractivity contribution is 5.76. The van der Waals surface area contributed by atoms with Crippen molar-refractivity contribution in [2.24, 2.45) is 0 Å². The van der Waals surface area contributed by atoms with Gasteiger partial charge in [-0.05, 0) is 31.4 Å². The summed E-state index contributed by atoms with van der Waals surface area (Å²) in [6, 6.07) is 10.8. The van der Waals surface area contributed by atoms with Crippen molar-refractivity contribution in [3.05, 3.63) is 48.5 Å². The molecule has 1 saturated heterocycles. The van der Waals surface area contributed by atoms with E-state index in [9.17, 15) is 4.79 Å². The summed E-state index contributed by atoms with van der Waals surface area (Å²) in [5, 5.41) is 7.18. The number of likely N-dealkylation sites (tertiary alicyclic amines) is 1. The van der Waals surface area contributed by atoms with Crippen LogP contribution < -0.4 is 5.32 Å². The molecule has 24 heavy (non-hydrogen) atoms. The second-order valence-corrected chi connectivity index (χ2v) is 6.35. The van der Waals surface area contributed by atoms with Crippen molar-refractivity contribution in [2.45, 2.75) is 38.3 Å². The minimum atomic E-state index is 0.0976. The van der Waals surface area contributed by atoms with E-state index in [0.717, 1.165) is 38.9 Å². The van der Waals surface area contributed by atoms with Gasteiger partial charge in [0.2, 0.25) is 5.91 Å². The van der Waals surface area contributed by atoms with Gasteiger partial charge in [0.1, 0.15) is 12.7 Å². The Labute approximate surface area is 142 Å². The first-order chi connectivity index (χ1) is 11.8. The third kappa shape index (κ3) is 5.16. The summed E-state index contributed by atoms with van der Waals surface area (Å²) in [5.74, 6) is 0.0976. The van der Waals surface area contributed by atoms with Gasteiger partial charge >= 0.3 is 0 Å². The zero-order chi connectivity index (χ0) is 16.6. The molecule has 1 aromatic heterocycles. The van der Waals surface area contributed by atoms with Crippen LogP contribution in [0.5, 0.6) is 0 Å². The fourth-order valence-electron chi connectivity index (χ4n) is 3.17. The molecule has 1 atom stereocenters. The number of aromatic nitrogens is 3. The second kappa shape index (κ2) is 8.59. The number of hydrogen-bond acceptors (Lipinski definition) is 4. The molecule has 0 bridgehead atoms. The number of piperidine rings is 1. The number of rotatable bonds is 7. The molecule has 6 nitrogen and oxygen atoms in total. The molecule has 0 unspecified atom stereocenters. The molecule has 1 fully saturated rings. The quantitative estimate of drug-likeness (QED) is 0.837. The van der Waals surface area contributed by atoms with Gasteiger partial charge in [0.25, 0.3) is 0 Å². The Balaban J connectivity index is 1.39. The second-order valence-electron chi connectivity index (χ2n) is 6.35. The maximum absolute atomic E-state index is 12.1. The van der Waals surface area contributed by atoms with E-state index in [0.29, 0.717) is 13.0 Å². The molecule has 0 aliphatic carbocycles. The van der Waals surface area contributed by atoms with E-state index in [4.69, 9.17) is 0 Å². The molecule has 0 radical (unpaired) electrons. The highest BCUT2D eigenvalue weighted by Gasteiger charge is 2.21. The molecule has 3 rings (SSSR count). The van der Waals surface area contributed by atoms with Crippen LogP contribution in [0.2, 0.25) is 0 Å².